The minimum Gasteiger partial charge on any atom is -0.507 e. The number of para-hydroxylation sites is 1. The van der Waals surface area contributed by atoms with Crippen molar-refractivity contribution in [1.29, 1.82) is 0 Å². The summed E-state index contributed by atoms with van der Waals surface area (Å²) >= 11 is 0. The molecule has 4 aromatic rings. The van der Waals surface area contributed by atoms with Crippen molar-refractivity contribution in [3.8, 4) is 11.5 Å². The van der Waals surface area contributed by atoms with Crippen molar-refractivity contribution in [2.24, 2.45) is 0 Å². The number of carbonyl (C=O) groups is 1. The van der Waals surface area contributed by atoms with Gasteiger partial charge < -0.3 is 19.3 Å². The molecule has 1 N–H and O–H groups in total. The zero-order valence-electron chi connectivity index (χ0n) is 21.6. The van der Waals surface area contributed by atoms with Gasteiger partial charge in [-0.25, -0.2) is 4.39 Å². The van der Waals surface area contributed by atoms with Gasteiger partial charge in [0.25, 0.3) is 0 Å². The van der Waals surface area contributed by atoms with Crippen molar-refractivity contribution in [3.05, 3.63) is 94.6 Å². The maximum Gasteiger partial charge on any atom is 0.232 e. The number of allylic oxidation sites excluding steroid dienone is 1. The van der Waals surface area contributed by atoms with Crippen LogP contribution in [-0.4, -0.2) is 46.5 Å². The standard InChI is InChI=1S/C31H30FN3O3/c1-3-34-18-21(24-6-4-5-7-26(24)34)17-28-30(37)29-20(2)16-27(36)25(31(29)38-28)19-33-12-14-35(15-13-33)23-10-8-22(32)9-11-23/h4-11,16-18,36H,3,12-15,19H2,1-2H3/b28-17+. The SMILES string of the molecule is CCn1cc(/C=C2/Oc3c(CN4CCN(c5ccc(F)cc5)CC4)c(O)cc(C)c3C2=O)c2ccccc21. The van der Waals surface area contributed by atoms with Crippen LogP contribution in [0, 0.1) is 12.7 Å². The molecule has 3 heterocycles. The van der Waals surface area contributed by atoms with Gasteiger partial charge in [0, 0.05) is 67.6 Å². The van der Waals surface area contributed by atoms with E-state index in [2.05, 4.69) is 33.4 Å². The molecule has 1 saturated heterocycles. The smallest absolute Gasteiger partial charge is 0.232 e. The summed E-state index contributed by atoms with van der Waals surface area (Å²) in [7, 11) is 0. The number of aryl methyl sites for hydroxylation is 2. The summed E-state index contributed by atoms with van der Waals surface area (Å²) in [6.45, 7) is 8.33. The van der Waals surface area contributed by atoms with Crippen molar-refractivity contribution in [2.45, 2.75) is 26.9 Å². The van der Waals surface area contributed by atoms with Crippen LogP contribution in [0.25, 0.3) is 17.0 Å². The van der Waals surface area contributed by atoms with Crippen LogP contribution in [0.2, 0.25) is 0 Å². The molecule has 6 rings (SSSR count). The van der Waals surface area contributed by atoms with Gasteiger partial charge in [0.1, 0.15) is 17.3 Å². The Kier molecular flexibility index (Phi) is 6.16. The maximum absolute atomic E-state index is 13.5. The molecule has 6 nitrogen and oxygen atoms in total. The second-order valence-corrected chi connectivity index (χ2v) is 9.96. The van der Waals surface area contributed by atoms with Gasteiger partial charge in [0.05, 0.1) is 11.1 Å². The lowest BCUT2D eigenvalue weighted by molar-refractivity contribution is 0.101. The third kappa shape index (κ3) is 4.23. The number of rotatable bonds is 5. The Morgan fingerprint density at radius 2 is 1.79 bits per heavy atom. The van der Waals surface area contributed by atoms with Crippen LogP contribution >= 0.6 is 0 Å². The number of anilines is 1. The number of carbonyl (C=O) groups excluding carboxylic acids is 1. The maximum atomic E-state index is 13.5. The summed E-state index contributed by atoms with van der Waals surface area (Å²) in [6.07, 6.45) is 3.86. The van der Waals surface area contributed by atoms with Crippen LogP contribution in [0.3, 0.4) is 0 Å². The van der Waals surface area contributed by atoms with Gasteiger partial charge in [-0.15, -0.1) is 0 Å². The molecule has 0 spiro atoms. The minimum absolute atomic E-state index is 0.138. The number of fused-ring (bicyclic) bond motifs is 2. The predicted molar refractivity (Wildman–Crippen MR) is 147 cm³/mol. The first-order valence-electron chi connectivity index (χ1n) is 13.0. The molecule has 0 amide bonds. The third-order valence-corrected chi connectivity index (χ3v) is 7.61. The number of hydrogen-bond acceptors (Lipinski definition) is 5. The van der Waals surface area contributed by atoms with Crippen LogP contribution in [0.4, 0.5) is 10.1 Å². The zero-order chi connectivity index (χ0) is 26.4. The summed E-state index contributed by atoms with van der Waals surface area (Å²) in [4.78, 5) is 18.0. The Labute approximate surface area is 221 Å². The second kappa shape index (κ2) is 9.65. The number of phenols is 1. The molecule has 0 saturated carbocycles. The lowest BCUT2D eigenvalue weighted by atomic mass is 9.99. The zero-order valence-corrected chi connectivity index (χ0v) is 21.6. The van der Waals surface area contributed by atoms with Crippen LogP contribution in [0.5, 0.6) is 11.5 Å². The van der Waals surface area contributed by atoms with Crippen molar-refractivity contribution in [3.63, 3.8) is 0 Å². The van der Waals surface area contributed by atoms with Crippen LogP contribution in [0.15, 0.2) is 66.6 Å². The monoisotopic (exact) mass is 511 g/mol. The van der Waals surface area contributed by atoms with E-state index >= 15 is 0 Å². The fraction of sp³-hybridized carbons (Fsp3) is 0.258. The first kappa shape index (κ1) is 24.2. The van der Waals surface area contributed by atoms with E-state index in [0.29, 0.717) is 29.0 Å². The summed E-state index contributed by atoms with van der Waals surface area (Å²) in [5, 5.41) is 12.0. The second-order valence-electron chi connectivity index (χ2n) is 9.96. The highest BCUT2D eigenvalue weighted by Gasteiger charge is 2.34. The van der Waals surface area contributed by atoms with Crippen molar-refractivity contribution in [2.75, 3.05) is 31.1 Å². The number of Topliss-reactive ketones (excluding diaryl/α,β-unsaturated/α-hetero) is 1. The molecule has 1 aromatic heterocycles. The van der Waals surface area contributed by atoms with Gasteiger partial charge in [-0.05, 0) is 61.9 Å². The topological polar surface area (TPSA) is 57.9 Å². The van der Waals surface area contributed by atoms with Crippen molar-refractivity contribution in [1.82, 2.24) is 9.47 Å². The van der Waals surface area contributed by atoms with Crippen molar-refractivity contribution >= 4 is 28.4 Å². The van der Waals surface area contributed by atoms with Crippen LogP contribution in [0.1, 0.15) is 34.0 Å². The molecule has 0 bridgehead atoms. The number of ketones is 1. The molecule has 0 atom stereocenters. The van der Waals surface area contributed by atoms with E-state index in [1.165, 1.54) is 12.1 Å². The Hall–Kier alpha value is -4.10. The Bertz CT molecular complexity index is 1560. The highest BCUT2D eigenvalue weighted by Crippen LogP contribution is 2.42. The predicted octanol–water partition coefficient (Wildman–Crippen LogP) is 5.75. The quantitative estimate of drug-likeness (QED) is 0.346. The van der Waals surface area contributed by atoms with Gasteiger partial charge in [0.2, 0.25) is 5.78 Å². The molecule has 38 heavy (non-hydrogen) atoms. The largest absolute Gasteiger partial charge is 0.507 e. The number of aromatic nitrogens is 1. The number of phenolic OH excluding ortho intramolecular Hbond substituents is 1. The van der Waals surface area contributed by atoms with E-state index in [1.54, 1.807) is 18.2 Å². The first-order chi connectivity index (χ1) is 18.4. The van der Waals surface area contributed by atoms with E-state index < -0.39 is 0 Å². The van der Waals surface area contributed by atoms with Crippen molar-refractivity contribution < 1.29 is 19.0 Å². The van der Waals surface area contributed by atoms with Crippen LogP contribution < -0.4 is 9.64 Å². The lowest BCUT2D eigenvalue weighted by Crippen LogP contribution is -2.46. The van der Waals surface area contributed by atoms with E-state index in [4.69, 9.17) is 4.74 Å². The number of piperazine rings is 1. The Morgan fingerprint density at radius 3 is 2.53 bits per heavy atom. The summed E-state index contributed by atoms with van der Waals surface area (Å²) in [5.41, 5.74) is 4.89. The van der Waals surface area contributed by atoms with Gasteiger partial charge in [-0.2, -0.15) is 0 Å². The number of ether oxygens (including phenoxy) is 1. The van der Waals surface area contributed by atoms with E-state index in [0.717, 1.165) is 54.9 Å². The molecule has 2 aliphatic rings. The van der Waals surface area contributed by atoms with Gasteiger partial charge in [-0.1, -0.05) is 18.2 Å². The minimum atomic E-state index is -0.241. The molecular weight excluding hydrogens is 481 g/mol. The molecular formula is C31H30FN3O3. The molecule has 0 radical (unpaired) electrons. The molecule has 0 unspecified atom stereocenters. The number of nitrogens with zero attached hydrogens (tertiary/aromatic N) is 3. The first-order valence-corrected chi connectivity index (χ1v) is 13.0. The molecule has 1 fully saturated rings. The van der Waals surface area contributed by atoms with E-state index in [-0.39, 0.29) is 23.1 Å². The lowest BCUT2D eigenvalue weighted by Gasteiger charge is -2.36. The van der Waals surface area contributed by atoms with E-state index in [1.807, 2.05) is 31.3 Å². The average Bonchev–Trinajstić information content (AvgIpc) is 3.45. The number of hydrogen-bond donors (Lipinski definition) is 1. The fourth-order valence-electron chi connectivity index (χ4n) is 5.57. The fourth-order valence-corrected chi connectivity index (χ4v) is 5.57. The van der Waals surface area contributed by atoms with Crippen LogP contribution in [-0.2, 0) is 13.1 Å². The summed E-state index contributed by atoms with van der Waals surface area (Å²) < 4.78 is 21.7. The highest BCUT2D eigenvalue weighted by molar-refractivity contribution is 6.16. The van der Waals surface area contributed by atoms with Gasteiger partial charge in [0.15, 0.2) is 5.76 Å². The number of halogens is 1. The summed E-state index contributed by atoms with van der Waals surface area (Å²) in [5.74, 6) is 0.469. The third-order valence-electron chi connectivity index (χ3n) is 7.61. The molecule has 3 aromatic carbocycles. The Balaban J connectivity index is 1.26. The summed E-state index contributed by atoms with van der Waals surface area (Å²) in [6, 6.07) is 16.4. The Morgan fingerprint density at radius 1 is 1.05 bits per heavy atom. The molecule has 0 aliphatic carbocycles. The number of aromatic hydroxyl groups is 1. The average molecular weight is 512 g/mol. The molecule has 194 valence electrons. The van der Waals surface area contributed by atoms with Gasteiger partial charge in [-0.3, -0.25) is 9.69 Å². The van der Waals surface area contributed by atoms with Gasteiger partial charge >= 0.3 is 0 Å². The molecule has 7 heteroatoms. The molecule has 2 aliphatic heterocycles. The normalized spacial score (nSPS) is 16.9. The van der Waals surface area contributed by atoms with E-state index in [9.17, 15) is 14.3 Å². The number of benzene rings is 3. The highest BCUT2D eigenvalue weighted by atomic mass is 19.1.